The molecule has 0 spiro atoms. The highest BCUT2D eigenvalue weighted by molar-refractivity contribution is 6.00. The van der Waals surface area contributed by atoms with Crippen molar-refractivity contribution < 1.29 is 9.18 Å². The Balaban J connectivity index is 2.79. The summed E-state index contributed by atoms with van der Waals surface area (Å²) < 4.78 is 12.8. The molecule has 17 heavy (non-hydrogen) atoms. The summed E-state index contributed by atoms with van der Waals surface area (Å²) >= 11 is 0. The van der Waals surface area contributed by atoms with Crippen LogP contribution < -0.4 is 5.32 Å². The summed E-state index contributed by atoms with van der Waals surface area (Å²) in [7, 11) is 0. The van der Waals surface area contributed by atoms with Crippen molar-refractivity contribution >= 4 is 5.78 Å². The van der Waals surface area contributed by atoms with Crippen LogP contribution in [0.1, 0.15) is 44.0 Å². The van der Waals surface area contributed by atoms with E-state index in [1.807, 2.05) is 20.8 Å². The van der Waals surface area contributed by atoms with Crippen molar-refractivity contribution in [3.05, 3.63) is 35.6 Å². The smallest absolute Gasteiger partial charge is 0.179 e. The van der Waals surface area contributed by atoms with Gasteiger partial charge in [0.05, 0.1) is 6.04 Å². The van der Waals surface area contributed by atoms with Crippen molar-refractivity contribution in [2.24, 2.45) is 0 Å². The predicted octanol–water partition coefficient (Wildman–Crippen LogP) is 3.18. The van der Waals surface area contributed by atoms with Crippen LogP contribution >= 0.6 is 0 Å². The van der Waals surface area contributed by atoms with Crippen molar-refractivity contribution in [2.75, 3.05) is 0 Å². The van der Waals surface area contributed by atoms with Gasteiger partial charge in [-0.15, -0.1) is 0 Å². The van der Waals surface area contributed by atoms with E-state index in [4.69, 9.17) is 0 Å². The monoisotopic (exact) mass is 237 g/mol. The Kier molecular flexibility index (Phi) is 5.29. The van der Waals surface area contributed by atoms with E-state index in [1.165, 1.54) is 12.1 Å². The fourth-order valence-corrected chi connectivity index (χ4v) is 1.80. The molecule has 0 aliphatic rings. The van der Waals surface area contributed by atoms with Gasteiger partial charge in [-0.3, -0.25) is 4.79 Å². The zero-order valence-corrected chi connectivity index (χ0v) is 10.7. The van der Waals surface area contributed by atoms with E-state index in [9.17, 15) is 9.18 Å². The van der Waals surface area contributed by atoms with Crippen LogP contribution in [0.25, 0.3) is 0 Å². The SMILES string of the molecule is CCC[C@H](NC(C)C)C(=O)c1ccc(F)cc1. The highest BCUT2D eigenvalue weighted by atomic mass is 19.1. The first-order valence-corrected chi connectivity index (χ1v) is 6.10. The number of carbonyl (C=O) groups is 1. The molecule has 0 aliphatic carbocycles. The molecule has 0 saturated heterocycles. The zero-order chi connectivity index (χ0) is 12.8. The number of halogens is 1. The van der Waals surface area contributed by atoms with Gasteiger partial charge >= 0.3 is 0 Å². The van der Waals surface area contributed by atoms with E-state index >= 15 is 0 Å². The molecule has 3 heteroatoms. The van der Waals surface area contributed by atoms with E-state index in [-0.39, 0.29) is 23.7 Å². The number of ketones is 1. The zero-order valence-electron chi connectivity index (χ0n) is 10.7. The largest absolute Gasteiger partial charge is 0.305 e. The predicted molar refractivity (Wildman–Crippen MR) is 67.7 cm³/mol. The normalized spacial score (nSPS) is 12.8. The van der Waals surface area contributed by atoms with Crippen LogP contribution in [0.15, 0.2) is 24.3 Å². The number of nitrogens with one attached hydrogen (secondary N) is 1. The van der Waals surface area contributed by atoms with E-state index in [1.54, 1.807) is 12.1 Å². The van der Waals surface area contributed by atoms with Gasteiger partial charge in [-0.25, -0.2) is 4.39 Å². The Morgan fingerprint density at radius 2 is 1.88 bits per heavy atom. The second-order valence-corrected chi connectivity index (χ2v) is 4.53. The second-order valence-electron chi connectivity index (χ2n) is 4.53. The minimum Gasteiger partial charge on any atom is -0.305 e. The first kappa shape index (κ1) is 13.8. The van der Waals surface area contributed by atoms with Gasteiger partial charge in [0.25, 0.3) is 0 Å². The summed E-state index contributed by atoms with van der Waals surface area (Å²) in [5.74, 6) is -0.272. The third-order valence-electron chi connectivity index (χ3n) is 2.56. The fourth-order valence-electron chi connectivity index (χ4n) is 1.80. The van der Waals surface area contributed by atoms with E-state index in [0.29, 0.717) is 5.56 Å². The van der Waals surface area contributed by atoms with Crippen molar-refractivity contribution in [1.29, 1.82) is 0 Å². The minimum absolute atomic E-state index is 0.0422. The summed E-state index contributed by atoms with van der Waals surface area (Å²) in [6.45, 7) is 6.08. The third-order valence-corrected chi connectivity index (χ3v) is 2.56. The molecule has 0 heterocycles. The molecule has 0 aromatic heterocycles. The lowest BCUT2D eigenvalue weighted by Crippen LogP contribution is -2.40. The maximum atomic E-state index is 12.8. The molecule has 2 nitrogen and oxygen atoms in total. The molecule has 0 aliphatic heterocycles. The van der Waals surface area contributed by atoms with Crippen molar-refractivity contribution in [1.82, 2.24) is 5.32 Å². The number of benzene rings is 1. The molecule has 0 amide bonds. The Bertz CT molecular complexity index is 359. The summed E-state index contributed by atoms with van der Waals surface area (Å²) in [4.78, 5) is 12.2. The minimum atomic E-state index is -0.314. The molecule has 1 aromatic rings. The lowest BCUT2D eigenvalue weighted by molar-refractivity contribution is 0.0932. The second kappa shape index (κ2) is 6.50. The van der Waals surface area contributed by atoms with E-state index < -0.39 is 0 Å². The fraction of sp³-hybridized carbons (Fsp3) is 0.500. The number of hydrogen-bond donors (Lipinski definition) is 1. The van der Waals surface area contributed by atoms with E-state index in [0.717, 1.165) is 12.8 Å². The number of rotatable bonds is 6. The van der Waals surface area contributed by atoms with Crippen LogP contribution in [0.2, 0.25) is 0 Å². The van der Waals surface area contributed by atoms with Gasteiger partial charge in [-0.05, 0) is 30.7 Å². The summed E-state index contributed by atoms with van der Waals surface area (Å²) in [5.41, 5.74) is 0.568. The summed E-state index contributed by atoms with van der Waals surface area (Å²) in [6, 6.07) is 5.82. The van der Waals surface area contributed by atoms with Crippen LogP contribution in [-0.2, 0) is 0 Å². The van der Waals surface area contributed by atoms with Crippen LogP contribution in [0.5, 0.6) is 0 Å². The average Bonchev–Trinajstić information content (AvgIpc) is 2.28. The topological polar surface area (TPSA) is 29.1 Å². The van der Waals surface area contributed by atoms with E-state index in [2.05, 4.69) is 5.32 Å². The Morgan fingerprint density at radius 3 is 2.35 bits per heavy atom. The van der Waals surface area contributed by atoms with Gasteiger partial charge in [0, 0.05) is 11.6 Å². The summed E-state index contributed by atoms with van der Waals surface area (Å²) in [6.07, 6.45) is 1.74. The molecule has 0 saturated carbocycles. The number of carbonyl (C=O) groups excluding carboxylic acids is 1. The van der Waals surface area contributed by atoms with Gasteiger partial charge in [0.1, 0.15) is 5.82 Å². The molecule has 1 atom stereocenters. The molecule has 0 radical (unpaired) electrons. The van der Waals surface area contributed by atoms with Crippen LogP contribution in [0, 0.1) is 5.82 Å². The molecule has 1 aromatic carbocycles. The molecule has 0 unspecified atom stereocenters. The van der Waals surface area contributed by atoms with Crippen LogP contribution in [0.4, 0.5) is 4.39 Å². The summed E-state index contributed by atoms with van der Waals surface area (Å²) in [5, 5.41) is 3.25. The maximum absolute atomic E-state index is 12.8. The van der Waals surface area contributed by atoms with Crippen LogP contribution in [0.3, 0.4) is 0 Å². The lowest BCUT2D eigenvalue weighted by atomic mass is 10.00. The van der Waals surface area contributed by atoms with Gasteiger partial charge in [0.15, 0.2) is 5.78 Å². The molecule has 1 N–H and O–H groups in total. The van der Waals surface area contributed by atoms with Gasteiger partial charge in [-0.1, -0.05) is 27.2 Å². The Hall–Kier alpha value is -1.22. The number of hydrogen-bond acceptors (Lipinski definition) is 2. The van der Waals surface area contributed by atoms with Gasteiger partial charge in [0.2, 0.25) is 0 Å². The van der Waals surface area contributed by atoms with Gasteiger partial charge in [-0.2, -0.15) is 0 Å². The Labute approximate surface area is 102 Å². The first-order chi connectivity index (χ1) is 8.04. The lowest BCUT2D eigenvalue weighted by Gasteiger charge is -2.19. The van der Waals surface area contributed by atoms with Crippen LogP contribution in [-0.4, -0.2) is 17.9 Å². The Morgan fingerprint density at radius 1 is 1.29 bits per heavy atom. The van der Waals surface area contributed by atoms with Crippen molar-refractivity contribution in [2.45, 2.75) is 45.7 Å². The quantitative estimate of drug-likeness (QED) is 0.770. The third kappa shape index (κ3) is 4.27. The van der Waals surface area contributed by atoms with Gasteiger partial charge < -0.3 is 5.32 Å². The maximum Gasteiger partial charge on any atom is 0.179 e. The molecule has 0 bridgehead atoms. The highest BCUT2D eigenvalue weighted by Gasteiger charge is 2.19. The van der Waals surface area contributed by atoms with Crippen molar-refractivity contribution in [3.63, 3.8) is 0 Å². The number of Topliss-reactive ketones (excluding diaryl/α,β-unsaturated/α-hetero) is 1. The average molecular weight is 237 g/mol. The molecule has 0 fully saturated rings. The molecular weight excluding hydrogens is 217 g/mol. The standard InChI is InChI=1S/C14H20FNO/c1-4-5-13(16-10(2)3)14(17)11-6-8-12(15)9-7-11/h6-10,13,16H,4-5H2,1-3H3/t13-/m0/s1. The highest BCUT2D eigenvalue weighted by Crippen LogP contribution is 2.10. The molecular formula is C14H20FNO. The molecule has 94 valence electrons. The first-order valence-electron chi connectivity index (χ1n) is 6.10. The molecule has 1 rings (SSSR count). The van der Waals surface area contributed by atoms with Crippen molar-refractivity contribution in [3.8, 4) is 0 Å².